The molecule has 0 unspecified atom stereocenters. The first-order chi connectivity index (χ1) is 10.9. The van der Waals surface area contributed by atoms with E-state index < -0.39 is 0 Å². The Balaban J connectivity index is 0.000000602. The summed E-state index contributed by atoms with van der Waals surface area (Å²) < 4.78 is 0. The lowest BCUT2D eigenvalue weighted by Gasteiger charge is -2.12. The second-order valence-corrected chi connectivity index (χ2v) is 5.45. The van der Waals surface area contributed by atoms with Gasteiger partial charge in [-0.15, -0.1) is 0 Å². The van der Waals surface area contributed by atoms with Gasteiger partial charge in [0.25, 0.3) is 0 Å². The van der Waals surface area contributed by atoms with Crippen LogP contribution in [0.4, 0.5) is 0 Å². The van der Waals surface area contributed by atoms with Crippen LogP contribution in [-0.2, 0) is 0 Å². The zero-order valence-corrected chi connectivity index (χ0v) is 12.9. The summed E-state index contributed by atoms with van der Waals surface area (Å²) in [5, 5.41) is 10.8. The van der Waals surface area contributed by atoms with Gasteiger partial charge in [-0.3, -0.25) is 0 Å². The second kappa shape index (κ2) is 4.99. The van der Waals surface area contributed by atoms with Gasteiger partial charge in [0.15, 0.2) is 0 Å². The zero-order chi connectivity index (χ0) is 15.1. The van der Waals surface area contributed by atoms with E-state index in [9.17, 15) is 0 Å². The van der Waals surface area contributed by atoms with Gasteiger partial charge in [-0.25, -0.2) is 0 Å². The van der Waals surface area contributed by atoms with Gasteiger partial charge in [0.05, 0.1) is 0 Å². The third-order valence-corrected chi connectivity index (χ3v) is 4.37. The lowest BCUT2D eigenvalue weighted by molar-refractivity contribution is 1.50. The van der Waals surface area contributed by atoms with Crippen molar-refractivity contribution in [2.75, 3.05) is 0 Å². The fourth-order valence-electron chi connectivity index (χ4n) is 3.49. The van der Waals surface area contributed by atoms with E-state index in [0.29, 0.717) is 0 Å². The fourth-order valence-corrected chi connectivity index (χ4v) is 3.49. The Bertz CT molecular complexity index is 1070. The number of hydrogen-bond donors (Lipinski definition) is 0. The van der Waals surface area contributed by atoms with E-state index in [1.165, 1.54) is 43.1 Å². The van der Waals surface area contributed by atoms with Crippen molar-refractivity contribution in [3.63, 3.8) is 0 Å². The molecule has 0 aliphatic rings. The Morgan fingerprint density at radius 3 is 1.91 bits per heavy atom. The first-order valence-corrected chi connectivity index (χ1v) is 7.97. The molecule has 0 heteroatoms. The molecule has 0 nitrogen and oxygen atoms in total. The van der Waals surface area contributed by atoms with Crippen LogP contribution in [0.3, 0.4) is 0 Å². The van der Waals surface area contributed by atoms with Gasteiger partial charge in [0, 0.05) is 0 Å². The van der Waals surface area contributed by atoms with Crippen molar-refractivity contribution in [2.45, 2.75) is 13.8 Å². The van der Waals surface area contributed by atoms with E-state index in [1.54, 1.807) is 0 Å². The summed E-state index contributed by atoms with van der Waals surface area (Å²) in [5.41, 5.74) is 0. The molecular formula is C22H18. The molecule has 0 heterocycles. The molecule has 0 saturated carbocycles. The average molecular weight is 282 g/mol. The molecule has 0 spiro atoms. The maximum absolute atomic E-state index is 2.31. The van der Waals surface area contributed by atoms with Crippen molar-refractivity contribution in [1.29, 1.82) is 0 Å². The summed E-state index contributed by atoms with van der Waals surface area (Å²) in [4.78, 5) is 0. The maximum Gasteiger partial charge on any atom is -0.00204 e. The first-order valence-electron chi connectivity index (χ1n) is 7.97. The summed E-state index contributed by atoms with van der Waals surface area (Å²) in [6.07, 6.45) is 0. The molecule has 5 rings (SSSR count). The van der Waals surface area contributed by atoms with Gasteiger partial charge in [-0.2, -0.15) is 0 Å². The number of fused-ring (bicyclic) bond motifs is 2. The van der Waals surface area contributed by atoms with Crippen molar-refractivity contribution < 1.29 is 0 Å². The Hall–Kier alpha value is -2.60. The monoisotopic (exact) mass is 282 g/mol. The fraction of sp³-hybridized carbons (Fsp3) is 0.0909. The van der Waals surface area contributed by atoms with Gasteiger partial charge in [-0.05, 0) is 49.2 Å². The average Bonchev–Trinajstić information content (AvgIpc) is 2.61. The standard InChI is InChI=1S/C20H12.C2H6/c1-2-7-17-15(4-1)12-16-9-8-13-5-3-6-14-10-11-18(17)20(16)19(13)14;1-2/h1-12H;1-2H3. The highest BCUT2D eigenvalue weighted by molar-refractivity contribution is 6.28. The van der Waals surface area contributed by atoms with Crippen LogP contribution in [-0.4, -0.2) is 0 Å². The van der Waals surface area contributed by atoms with Gasteiger partial charge >= 0.3 is 0 Å². The number of benzene rings is 5. The molecule has 0 fully saturated rings. The molecule has 0 saturated heterocycles. The minimum absolute atomic E-state index is 1.32. The molecule has 0 N–H and O–H groups in total. The number of rotatable bonds is 0. The molecule has 0 aliphatic carbocycles. The molecule has 0 aromatic heterocycles. The summed E-state index contributed by atoms with van der Waals surface area (Å²) >= 11 is 0. The quantitative estimate of drug-likeness (QED) is 0.217. The van der Waals surface area contributed by atoms with Crippen LogP contribution >= 0.6 is 0 Å². The smallest absolute Gasteiger partial charge is 0.00204 e. The minimum atomic E-state index is 1.32. The van der Waals surface area contributed by atoms with Crippen LogP contribution in [0, 0.1) is 0 Å². The Labute approximate surface area is 130 Å². The van der Waals surface area contributed by atoms with Crippen LogP contribution in [0.1, 0.15) is 13.8 Å². The summed E-state index contributed by atoms with van der Waals surface area (Å²) in [6.45, 7) is 4.00. The zero-order valence-electron chi connectivity index (χ0n) is 12.9. The minimum Gasteiger partial charge on any atom is -0.0683 e. The Morgan fingerprint density at radius 2 is 1.09 bits per heavy atom. The van der Waals surface area contributed by atoms with Crippen LogP contribution in [0.25, 0.3) is 43.1 Å². The van der Waals surface area contributed by atoms with Crippen molar-refractivity contribution in [3.05, 3.63) is 72.8 Å². The highest BCUT2D eigenvalue weighted by atomic mass is 14.1. The molecule has 0 amide bonds. The Morgan fingerprint density at radius 1 is 0.455 bits per heavy atom. The van der Waals surface area contributed by atoms with Crippen molar-refractivity contribution in [3.8, 4) is 0 Å². The molecule has 106 valence electrons. The molecule has 0 radical (unpaired) electrons. The van der Waals surface area contributed by atoms with Gasteiger partial charge < -0.3 is 0 Å². The van der Waals surface area contributed by atoms with Crippen LogP contribution in [0.15, 0.2) is 72.8 Å². The molecule has 0 atom stereocenters. The maximum atomic E-state index is 2.31. The third kappa shape index (κ3) is 1.70. The lowest BCUT2D eigenvalue weighted by Crippen LogP contribution is -1.85. The molecule has 5 aromatic carbocycles. The predicted octanol–water partition coefficient (Wildman–Crippen LogP) is 6.76. The number of hydrogen-bond acceptors (Lipinski definition) is 0. The van der Waals surface area contributed by atoms with Gasteiger partial charge in [0.1, 0.15) is 0 Å². The van der Waals surface area contributed by atoms with E-state index in [1.807, 2.05) is 13.8 Å². The topological polar surface area (TPSA) is 0 Å². The Kier molecular flexibility index (Phi) is 2.97. The summed E-state index contributed by atoms with van der Waals surface area (Å²) in [7, 11) is 0. The molecule has 0 aliphatic heterocycles. The van der Waals surface area contributed by atoms with E-state index >= 15 is 0 Å². The molecule has 5 aromatic rings. The van der Waals surface area contributed by atoms with E-state index in [0.717, 1.165) is 0 Å². The van der Waals surface area contributed by atoms with Crippen LogP contribution in [0.2, 0.25) is 0 Å². The second-order valence-electron chi connectivity index (χ2n) is 5.45. The predicted molar refractivity (Wildman–Crippen MR) is 99.0 cm³/mol. The highest BCUT2D eigenvalue weighted by Crippen LogP contribution is 2.38. The van der Waals surface area contributed by atoms with E-state index in [2.05, 4.69) is 72.8 Å². The summed E-state index contributed by atoms with van der Waals surface area (Å²) in [6, 6.07) is 26.5. The normalized spacial score (nSPS) is 11.2. The van der Waals surface area contributed by atoms with Crippen molar-refractivity contribution in [1.82, 2.24) is 0 Å². The highest BCUT2D eigenvalue weighted by Gasteiger charge is 2.09. The van der Waals surface area contributed by atoms with E-state index in [-0.39, 0.29) is 0 Å². The summed E-state index contributed by atoms with van der Waals surface area (Å²) in [5.74, 6) is 0. The van der Waals surface area contributed by atoms with Gasteiger partial charge in [-0.1, -0.05) is 80.6 Å². The SMILES string of the molecule is CC.c1ccc2c(c1)cc1ccc3cccc4ccc2c1c34. The molecule has 0 bridgehead atoms. The van der Waals surface area contributed by atoms with Crippen molar-refractivity contribution >= 4 is 43.1 Å². The third-order valence-electron chi connectivity index (χ3n) is 4.37. The lowest BCUT2D eigenvalue weighted by atomic mass is 9.91. The van der Waals surface area contributed by atoms with Crippen molar-refractivity contribution in [2.24, 2.45) is 0 Å². The first kappa shape index (κ1) is 13.1. The van der Waals surface area contributed by atoms with Crippen LogP contribution < -0.4 is 0 Å². The van der Waals surface area contributed by atoms with Gasteiger partial charge in [0.2, 0.25) is 0 Å². The van der Waals surface area contributed by atoms with Crippen LogP contribution in [0.5, 0.6) is 0 Å². The molecular weight excluding hydrogens is 264 g/mol. The molecule has 22 heavy (non-hydrogen) atoms. The van der Waals surface area contributed by atoms with E-state index in [4.69, 9.17) is 0 Å². The largest absolute Gasteiger partial charge is 0.0683 e.